The first-order valence-electron chi connectivity index (χ1n) is 5.49. The second kappa shape index (κ2) is 6.23. The average Bonchev–Trinajstić information content (AvgIpc) is 2.83. The summed E-state index contributed by atoms with van der Waals surface area (Å²) in [6.07, 6.45) is 1.57. The van der Waals surface area contributed by atoms with Gasteiger partial charge in [0.25, 0.3) is 0 Å². The van der Waals surface area contributed by atoms with E-state index >= 15 is 0 Å². The van der Waals surface area contributed by atoms with Crippen LogP contribution in [0, 0.1) is 18.3 Å². The monoisotopic (exact) mass is 290 g/mol. The highest BCUT2D eigenvalue weighted by Gasteiger charge is 2.04. The number of hydrazine groups is 1. The summed E-state index contributed by atoms with van der Waals surface area (Å²) in [4.78, 5) is 4.26. The third-order valence-corrected chi connectivity index (χ3v) is 3.59. The van der Waals surface area contributed by atoms with E-state index in [0.717, 1.165) is 11.4 Å². The van der Waals surface area contributed by atoms with Crippen molar-refractivity contribution in [3.05, 3.63) is 51.6 Å². The van der Waals surface area contributed by atoms with E-state index in [9.17, 15) is 0 Å². The Kier molecular flexibility index (Phi) is 4.39. The van der Waals surface area contributed by atoms with Crippen LogP contribution < -0.4 is 10.9 Å². The van der Waals surface area contributed by atoms with Crippen LogP contribution in [0.2, 0.25) is 5.02 Å². The van der Waals surface area contributed by atoms with Gasteiger partial charge in [-0.25, -0.2) is 4.98 Å². The second-order valence-electron chi connectivity index (χ2n) is 3.71. The number of nitriles is 1. The van der Waals surface area contributed by atoms with Crippen molar-refractivity contribution in [1.82, 2.24) is 10.4 Å². The Morgan fingerprint density at radius 1 is 1.47 bits per heavy atom. The van der Waals surface area contributed by atoms with Gasteiger partial charge in [-0.1, -0.05) is 23.7 Å². The fraction of sp³-hybridized carbons (Fsp3) is 0.0769. The number of thiazole rings is 1. The van der Waals surface area contributed by atoms with E-state index in [4.69, 9.17) is 16.9 Å². The van der Waals surface area contributed by atoms with Crippen molar-refractivity contribution >= 4 is 34.2 Å². The second-order valence-corrected chi connectivity index (χ2v) is 4.98. The van der Waals surface area contributed by atoms with E-state index < -0.39 is 0 Å². The lowest BCUT2D eigenvalue weighted by molar-refractivity contribution is 1.06. The Morgan fingerprint density at radius 2 is 2.26 bits per heavy atom. The van der Waals surface area contributed by atoms with Crippen LogP contribution in [0.3, 0.4) is 0 Å². The maximum absolute atomic E-state index is 9.10. The highest BCUT2D eigenvalue weighted by Crippen LogP contribution is 2.20. The fourth-order valence-electron chi connectivity index (χ4n) is 1.37. The van der Waals surface area contributed by atoms with Crippen LogP contribution in [-0.2, 0) is 0 Å². The number of hydrogen-bond donors (Lipinski definition) is 2. The summed E-state index contributed by atoms with van der Waals surface area (Å²) < 4.78 is 0. The molecule has 2 aromatic rings. The number of aromatic nitrogens is 1. The van der Waals surface area contributed by atoms with Gasteiger partial charge in [0.2, 0.25) is 0 Å². The van der Waals surface area contributed by atoms with E-state index in [-0.39, 0.29) is 0 Å². The van der Waals surface area contributed by atoms with E-state index in [2.05, 4.69) is 21.9 Å². The van der Waals surface area contributed by atoms with Crippen LogP contribution in [0.4, 0.5) is 5.69 Å². The molecular weight excluding hydrogens is 280 g/mol. The molecule has 1 heterocycles. The van der Waals surface area contributed by atoms with Gasteiger partial charge in [0.05, 0.1) is 10.7 Å². The number of rotatable bonds is 4. The summed E-state index contributed by atoms with van der Waals surface area (Å²) in [5.41, 5.74) is 7.89. The van der Waals surface area contributed by atoms with Gasteiger partial charge in [-0.05, 0) is 19.1 Å². The molecule has 0 unspecified atom stereocenters. The number of aryl methyl sites for hydroxylation is 1. The smallest absolute Gasteiger partial charge is 0.135 e. The largest absolute Gasteiger partial charge is 0.307 e. The number of halogens is 1. The fourth-order valence-corrected chi connectivity index (χ4v) is 2.31. The van der Waals surface area contributed by atoms with Crippen molar-refractivity contribution in [2.75, 3.05) is 5.43 Å². The van der Waals surface area contributed by atoms with Gasteiger partial charge in [-0.15, -0.1) is 11.3 Å². The highest BCUT2D eigenvalue weighted by atomic mass is 35.5. The number of allylic oxidation sites excluding steroid dienone is 1. The molecule has 0 amide bonds. The quantitative estimate of drug-likeness (QED) is 0.667. The molecule has 0 fully saturated rings. The number of nitrogens with one attached hydrogen (secondary N) is 2. The van der Waals surface area contributed by atoms with Crippen LogP contribution >= 0.6 is 22.9 Å². The highest BCUT2D eigenvalue weighted by molar-refractivity contribution is 7.10. The molecule has 0 aliphatic rings. The number of hydrogen-bond acceptors (Lipinski definition) is 5. The first kappa shape index (κ1) is 13.4. The van der Waals surface area contributed by atoms with Gasteiger partial charge >= 0.3 is 0 Å². The van der Waals surface area contributed by atoms with Crippen LogP contribution in [0.15, 0.2) is 35.8 Å². The van der Waals surface area contributed by atoms with E-state index in [1.165, 1.54) is 11.3 Å². The summed E-state index contributed by atoms with van der Waals surface area (Å²) in [7, 11) is 0. The number of para-hydroxylation sites is 1. The van der Waals surface area contributed by atoms with Gasteiger partial charge < -0.3 is 5.43 Å². The minimum Gasteiger partial charge on any atom is -0.307 e. The van der Waals surface area contributed by atoms with Crippen molar-refractivity contribution in [3.63, 3.8) is 0 Å². The number of nitrogens with zero attached hydrogens (tertiary/aromatic N) is 2. The molecule has 1 aromatic heterocycles. The van der Waals surface area contributed by atoms with Crippen LogP contribution in [-0.4, -0.2) is 4.98 Å². The van der Waals surface area contributed by atoms with Gasteiger partial charge in [-0.2, -0.15) is 5.26 Å². The first-order valence-corrected chi connectivity index (χ1v) is 6.75. The molecule has 0 aliphatic carbocycles. The lowest BCUT2D eigenvalue weighted by Gasteiger charge is -2.07. The van der Waals surface area contributed by atoms with E-state index in [1.54, 1.807) is 12.3 Å². The number of anilines is 1. The van der Waals surface area contributed by atoms with Crippen molar-refractivity contribution in [2.24, 2.45) is 0 Å². The lowest BCUT2D eigenvalue weighted by Crippen LogP contribution is -2.15. The maximum Gasteiger partial charge on any atom is 0.135 e. The molecule has 0 radical (unpaired) electrons. The van der Waals surface area contributed by atoms with Crippen LogP contribution in [0.25, 0.3) is 5.57 Å². The van der Waals surface area contributed by atoms with Crippen molar-refractivity contribution in [3.8, 4) is 6.07 Å². The molecule has 4 nitrogen and oxygen atoms in total. The first-order chi connectivity index (χ1) is 9.20. The summed E-state index contributed by atoms with van der Waals surface area (Å²) >= 11 is 7.43. The molecule has 6 heteroatoms. The number of benzene rings is 1. The molecule has 0 aliphatic heterocycles. The van der Waals surface area contributed by atoms with Gasteiger partial charge in [0.1, 0.15) is 16.6 Å². The molecule has 96 valence electrons. The molecule has 19 heavy (non-hydrogen) atoms. The zero-order chi connectivity index (χ0) is 13.7. The Bertz CT molecular complexity index is 642. The predicted octanol–water partition coefficient (Wildman–Crippen LogP) is 3.59. The average molecular weight is 291 g/mol. The lowest BCUT2D eigenvalue weighted by atomic mass is 10.3. The maximum atomic E-state index is 9.10. The molecule has 2 N–H and O–H groups in total. The third-order valence-electron chi connectivity index (χ3n) is 2.27. The summed E-state index contributed by atoms with van der Waals surface area (Å²) in [5, 5.41) is 12.3. The Balaban J connectivity index is 2.06. The molecule has 0 saturated carbocycles. The molecule has 0 spiro atoms. The summed E-state index contributed by atoms with van der Waals surface area (Å²) in [6.45, 7) is 1.89. The zero-order valence-corrected chi connectivity index (χ0v) is 11.7. The molecule has 2 rings (SSSR count). The van der Waals surface area contributed by atoms with Crippen molar-refractivity contribution < 1.29 is 0 Å². The minimum atomic E-state index is 0.470. The van der Waals surface area contributed by atoms with Gasteiger partial charge in [-0.3, -0.25) is 5.43 Å². The Labute approximate surface area is 120 Å². The van der Waals surface area contributed by atoms with Gasteiger partial charge in [0.15, 0.2) is 0 Å². The predicted molar refractivity (Wildman–Crippen MR) is 78.7 cm³/mol. The molecular formula is C13H11ClN4S. The molecule has 0 atom stereocenters. The van der Waals surface area contributed by atoms with Crippen LogP contribution in [0.1, 0.15) is 10.7 Å². The Hall–Kier alpha value is -2.03. The standard InChI is InChI=1S/C13H11ClN4S/c1-9-8-19-13(17-9)10(6-15)7-16-18-12-5-3-2-4-11(12)14/h2-5,7-8,16,18H,1H3/b10-7+. The molecule has 0 saturated heterocycles. The SMILES string of the molecule is Cc1csc(/C(C#N)=C/NNc2ccccc2Cl)n1. The zero-order valence-electron chi connectivity index (χ0n) is 10.1. The normalized spacial score (nSPS) is 10.9. The van der Waals surface area contributed by atoms with E-state index in [0.29, 0.717) is 15.6 Å². The van der Waals surface area contributed by atoms with Crippen molar-refractivity contribution in [1.29, 1.82) is 5.26 Å². The molecule has 0 bridgehead atoms. The van der Waals surface area contributed by atoms with E-state index in [1.807, 2.05) is 30.5 Å². The molecule has 1 aromatic carbocycles. The van der Waals surface area contributed by atoms with Crippen LogP contribution in [0.5, 0.6) is 0 Å². The summed E-state index contributed by atoms with van der Waals surface area (Å²) in [6, 6.07) is 9.44. The minimum absolute atomic E-state index is 0.470. The Morgan fingerprint density at radius 3 is 2.89 bits per heavy atom. The van der Waals surface area contributed by atoms with Crippen molar-refractivity contribution in [2.45, 2.75) is 6.92 Å². The topological polar surface area (TPSA) is 60.7 Å². The third kappa shape index (κ3) is 3.47. The van der Waals surface area contributed by atoms with Gasteiger partial charge in [0, 0.05) is 17.3 Å². The summed E-state index contributed by atoms with van der Waals surface area (Å²) in [5.74, 6) is 0.